The van der Waals surface area contributed by atoms with Crippen LogP contribution >= 0.6 is 0 Å². The van der Waals surface area contributed by atoms with E-state index in [9.17, 15) is 10.4 Å². The molecular formula is C23H26N6O. The van der Waals surface area contributed by atoms with Gasteiger partial charge in [0, 0.05) is 25.5 Å². The van der Waals surface area contributed by atoms with Crippen molar-refractivity contribution < 1.29 is 5.11 Å². The smallest absolute Gasteiger partial charge is 0.159 e. The molecule has 1 aromatic carbocycles. The zero-order valence-corrected chi connectivity index (χ0v) is 18.0. The van der Waals surface area contributed by atoms with Gasteiger partial charge in [-0.15, -0.1) is 0 Å². The Morgan fingerprint density at radius 1 is 1.30 bits per heavy atom. The van der Waals surface area contributed by atoms with E-state index in [0.29, 0.717) is 24.1 Å². The van der Waals surface area contributed by atoms with E-state index in [1.165, 1.54) is 0 Å². The lowest BCUT2D eigenvalue weighted by atomic mass is 9.97. The zero-order valence-electron chi connectivity index (χ0n) is 18.0. The largest absolute Gasteiger partial charge is 0.386 e. The second-order valence-corrected chi connectivity index (χ2v) is 8.39. The SMILES string of the molecule is Cc1c(C#N)cccc1[C@@H](C)N=c1nc(C)n(C)c2cnc(N3CC(C)(O)C3)cc12. The van der Waals surface area contributed by atoms with E-state index >= 15 is 0 Å². The number of nitriles is 1. The molecule has 4 rings (SSSR count). The van der Waals surface area contributed by atoms with Crippen molar-refractivity contribution >= 4 is 16.7 Å². The molecule has 1 N–H and O–H groups in total. The van der Waals surface area contributed by atoms with Gasteiger partial charge in [-0.05, 0) is 51.0 Å². The molecular weight excluding hydrogens is 376 g/mol. The van der Waals surface area contributed by atoms with E-state index in [2.05, 4.69) is 11.1 Å². The Morgan fingerprint density at radius 2 is 2.03 bits per heavy atom. The highest BCUT2D eigenvalue weighted by atomic mass is 16.3. The van der Waals surface area contributed by atoms with Gasteiger partial charge in [0.1, 0.15) is 11.6 Å². The van der Waals surface area contributed by atoms with Crippen LogP contribution in [0.2, 0.25) is 0 Å². The van der Waals surface area contributed by atoms with E-state index in [4.69, 9.17) is 9.98 Å². The average molecular weight is 403 g/mol. The van der Waals surface area contributed by atoms with Crippen molar-refractivity contribution in [2.24, 2.45) is 12.0 Å². The maximum absolute atomic E-state index is 10.1. The molecule has 0 aliphatic carbocycles. The minimum absolute atomic E-state index is 0.150. The van der Waals surface area contributed by atoms with Crippen LogP contribution in [0.15, 0.2) is 35.5 Å². The lowest BCUT2D eigenvalue weighted by Crippen LogP contribution is -2.60. The molecule has 7 heteroatoms. The fraction of sp³-hybridized carbons (Fsp3) is 0.391. The summed E-state index contributed by atoms with van der Waals surface area (Å²) >= 11 is 0. The van der Waals surface area contributed by atoms with Crippen molar-refractivity contribution in [2.75, 3.05) is 18.0 Å². The Morgan fingerprint density at radius 3 is 2.70 bits per heavy atom. The number of aliphatic hydroxyl groups is 1. The molecule has 30 heavy (non-hydrogen) atoms. The molecule has 2 aromatic heterocycles. The maximum atomic E-state index is 10.1. The molecule has 0 amide bonds. The highest BCUT2D eigenvalue weighted by Crippen LogP contribution is 2.27. The standard InChI is InChI=1S/C23H26N6O/c1-14-17(10-24)7-6-8-18(14)15(2)26-22-19-9-21(29-12-23(4,30)13-29)25-11-20(19)28(5)16(3)27-22/h6-9,11,15,30H,12-13H2,1-5H3/t15-/m1/s1. The Hall–Kier alpha value is -3.24. The number of hydrogen-bond acceptors (Lipinski definition) is 6. The summed E-state index contributed by atoms with van der Waals surface area (Å²) in [6, 6.07) is 9.83. The first-order valence-electron chi connectivity index (χ1n) is 10.0. The molecule has 1 fully saturated rings. The van der Waals surface area contributed by atoms with Crippen LogP contribution in [0, 0.1) is 25.2 Å². The van der Waals surface area contributed by atoms with E-state index in [-0.39, 0.29) is 6.04 Å². The van der Waals surface area contributed by atoms with Gasteiger partial charge >= 0.3 is 0 Å². The first-order valence-corrected chi connectivity index (χ1v) is 10.0. The van der Waals surface area contributed by atoms with E-state index in [1.54, 1.807) is 0 Å². The fourth-order valence-electron chi connectivity index (χ4n) is 4.04. The number of fused-ring (bicyclic) bond motifs is 1. The Balaban J connectivity index is 1.85. The molecule has 0 radical (unpaired) electrons. The Labute approximate surface area is 176 Å². The third-order valence-corrected chi connectivity index (χ3v) is 5.87. The first kappa shape index (κ1) is 20.0. The highest BCUT2D eigenvalue weighted by Gasteiger charge is 2.37. The molecule has 1 aliphatic rings. The van der Waals surface area contributed by atoms with Gasteiger partial charge in [-0.3, -0.25) is 4.99 Å². The molecule has 7 nitrogen and oxygen atoms in total. The monoisotopic (exact) mass is 402 g/mol. The summed E-state index contributed by atoms with van der Waals surface area (Å²) in [7, 11) is 1.97. The van der Waals surface area contributed by atoms with Gasteiger partial charge in [-0.2, -0.15) is 5.26 Å². The van der Waals surface area contributed by atoms with E-state index in [0.717, 1.165) is 33.7 Å². The molecule has 0 unspecified atom stereocenters. The van der Waals surface area contributed by atoms with Crippen molar-refractivity contribution in [1.29, 1.82) is 5.26 Å². The first-order chi connectivity index (χ1) is 14.2. The van der Waals surface area contributed by atoms with Gasteiger partial charge in [0.2, 0.25) is 0 Å². The van der Waals surface area contributed by atoms with E-state index < -0.39 is 5.60 Å². The van der Waals surface area contributed by atoms with Gasteiger partial charge < -0.3 is 14.6 Å². The maximum Gasteiger partial charge on any atom is 0.159 e. The topological polar surface area (TPSA) is 90.3 Å². The van der Waals surface area contributed by atoms with Crippen LogP contribution in [-0.4, -0.2) is 38.3 Å². The normalized spacial score (nSPS) is 17.0. The van der Waals surface area contributed by atoms with Crippen LogP contribution in [0.25, 0.3) is 10.9 Å². The second-order valence-electron chi connectivity index (χ2n) is 8.39. The fourth-order valence-corrected chi connectivity index (χ4v) is 4.04. The number of aryl methyl sites for hydroxylation is 2. The number of pyridine rings is 1. The predicted molar refractivity (Wildman–Crippen MR) is 116 cm³/mol. The Bertz CT molecular complexity index is 1240. The molecule has 3 heterocycles. The number of anilines is 1. The van der Waals surface area contributed by atoms with E-state index in [1.807, 2.05) is 74.7 Å². The minimum Gasteiger partial charge on any atom is -0.386 e. The van der Waals surface area contributed by atoms with Crippen LogP contribution < -0.4 is 10.4 Å². The average Bonchev–Trinajstić information content (AvgIpc) is 2.69. The molecule has 0 saturated carbocycles. The number of benzene rings is 1. The summed E-state index contributed by atoms with van der Waals surface area (Å²) in [6.07, 6.45) is 1.84. The summed E-state index contributed by atoms with van der Waals surface area (Å²) < 4.78 is 2.00. The van der Waals surface area contributed by atoms with Crippen molar-refractivity contribution in [2.45, 2.75) is 39.3 Å². The van der Waals surface area contributed by atoms with Crippen molar-refractivity contribution in [3.63, 3.8) is 0 Å². The molecule has 1 saturated heterocycles. The van der Waals surface area contributed by atoms with Crippen LogP contribution in [-0.2, 0) is 7.05 Å². The van der Waals surface area contributed by atoms with Crippen molar-refractivity contribution in [1.82, 2.24) is 14.5 Å². The molecule has 1 aliphatic heterocycles. The number of aromatic nitrogens is 3. The molecule has 0 spiro atoms. The molecule has 3 aromatic rings. The van der Waals surface area contributed by atoms with Crippen molar-refractivity contribution in [3.8, 4) is 6.07 Å². The lowest BCUT2D eigenvalue weighted by Gasteiger charge is -2.44. The van der Waals surface area contributed by atoms with Gasteiger partial charge in [0.05, 0.1) is 35.0 Å². The third-order valence-electron chi connectivity index (χ3n) is 5.87. The number of rotatable bonds is 3. The summed E-state index contributed by atoms with van der Waals surface area (Å²) in [5.74, 6) is 1.66. The quantitative estimate of drug-likeness (QED) is 0.727. The lowest BCUT2D eigenvalue weighted by molar-refractivity contribution is 0.0305. The van der Waals surface area contributed by atoms with Gasteiger partial charge in [-0.1, -0.05) is 12.1 Å². The van der Waals surface area contributed by atoms with Crippen LogP contribution in [0.1, 0.15) is 42.4 Å². The van der Waals surface area contributed by atoms with Gasteiger partial charge in [-0.25, -0.2) is 9.97 Å². The molecule has 1 atom stereocenters. The summed E-state index contributed by atoms with van der Waals surface area (Å²) in [4.78, 5) is 16.3. The van der Waals surface area contributed by atoms with Crippen LogP contribution in [0.4, 0.5) is 5.82 Å². The third kappa shape index (κ3) is 3.44. The van der Waals surface area contributed by atoms with Crippen LogP contribution in [0.5, 0.6) is 0 Å². The van der Waals surface area contributed by atoms with Gasteiger partial charge in [0.15, 0.2) is 5.49 Å². The second kappa shape index (κ2) is 7.22. The molecule has 0 bridgehead atoms. The predicted octanol–water partition coefficient (Wildman–Crippen LogP) is 2.69. The van der Waals surface area contributed by atoms with Crippen molar-refractivity contribution in [3.05, 3.63) is 58.5 Å². The van der Waals surface area contributed by atoms with Gasteiger partial charge in [0.25, 0.3) is 0 Å². The molecule has 154 valence electrons. The number of nitrogens with zero attached hydrogens (tertiary/aromatic N) is 6. The number of hydrogen-bond donors (Lipinski definition) is 1. The summed E-state index contributed by atoms with van der Waals surface area (Å²) in [6.45, 7) is 8.87. The number of β-amino-alcohol motifs (C(OH)–C–C–N with tert-alkyl or cyclic N) is 1. The Kier molecular flexibility index (Phi) is 4.83. The van der Waals surface area contributed by atoms with Crippen LogP contribution in [0.3, 0.4) is 0 Å². The summed E-state index contributed by atoms with van der Waals surface area (Å²) in [5, 5.41) is 20.3. The zero-order chi connectivity index (χ0) is 21.6. The highest BCUT2D eigenvalue weighted by molar-refractivity contribution is 5.80. The summed E-state index contributed by atoms with van der Waals surface area (Å²) in [5.41, 5.74) is 3.57. The minimum atomic E-state index is -0.669.